The van der Waals surface area contributed by atoms with Crippen molar-refractivity contribution < 1.29 is 42.7 Å². The van der Waals surface area contributed by atoms with E-state index in [2.05, 4.69) is 35.6 Å². The summed E-state index contributed by atoms with van der Waals surface area (Å²) in [5.41, 5.74) is 2.62. The molecule has 3 aromatic carbocycles. The van der Waals surface area contributed by atoms with Crippen LogP contribution in [-0.2, 0) is 20.9 Å². The van der Waals surface area contributed by atoms with Gasteiger partial charge in [-0.1, -0.05) is 12.1 Å². The molecule has 10 rings (SSSR count). The molecule has 16 nitrogen and oxygen atoms in total. The number of carbonyl (C=O) groups excluding carboxylic acids is 6. The molecule has 0 saturated carbocycles. The largest absolute Gasteiger partial charge is 0.508 e. The molecule has 338 valence electrons. The number of aromatic nitrogens is 3. The van der Waals surface area contributed by atoms with Crippen LogP contribution < -0.4 is 15.5 Å². The highest BCUT2D eigenvalue weighted by molar-refractivity contribution is 7.13. The highest BCUT2D eigenvalue weighted by Crippen LogP contribution is 2.39. The maximum absolute atomic E-state index is 15.5. The molecule has 2 unspecified atom stereocenters. The number of rotatable bonds is 10. The zero-order chi connectivity index (χ0) is 45.8. The Morgan fingerprint density at radius 1 is 0.848 bits per heavy atom. The Labute approximate surface area is 380 Å². The van der Waals surface area contributed by atoms with Gasteiger partial charge in [-0.05, 0) is 117 Å². The van der Waals surface area contributed by atoms with Crippen molar-refractivity contribution in [3.05, 3.63) is 117 Å². The SMILES string of the molecule is O=C1CCC(N2C(=O)c3cc(F)c(C4CCN(CC5CCN(c6ccc(-c7ccc8c(c7)C(=O)N(C(C(=O)Nc7nccs7)c7cc(F)ccc7O)C8)nn6)CC5)CC4)cc3C2=O)C(=O)N1. The predicted molar refractivity (Wildman–Crippen MR) is 235 cm³/mol. The third-order valence-electron chi connectivity index (χ3n) is 13.4. The molecule has 5 aliphatic rings. The fourth-order valence-electron chi connectivity index (χ4n) is 9.95. The normalized spacial score (nSPS) is 19.9. The predicted octanol–water partition coefficient (Wildman–Crippen LogP) is 5.42. The summed E-state index contributed by atoms with van der Waals surface area (Å²) in [6.45, 7) is 4.06. The van der Waals surface area contributed by atoms with Gasteiger partial charge in [-0.3, -0.25) is 44.3 Å². The van der Waals surface area contributed by atoms with E-state index in [-0.39, 0.29) is 47.7 Å². The number of amides is 6. The van der Waals surface area contributed by atoms with E-state index in [9.17, 15) is 38.3 Å². The number of halogens is 2. The lowest BCUT2D eigenvalue weighted by atomic mass is 9.86. The lowest BCUT2D eigenvalue weighted by Crippen LogP contribution is -2.54. The number of thiazole rings is 1. The number of hydrogen-bond donors (Lipinski definition) is 3. The smallest absolute Gasteiger partial charge is 0.262 e. The molecule has 0 radical (unpaired) electrons. The van der Waals surface area contributed by atoms with Gasteiger partial charge in [-0.25, -0.2) is 13.8 Å². The summed E-state index contributed by atoms with van der Waals surface area (Å²) in [6, 6.07) is 12.5. The van der Waals surface area contributed by atoms with E-state index in [1.807, 2.05) is 18.2 Å². The van der Waals surface area contributed by atoms with Crippen LogP contribution in [0.15, 0.2) is 72.2 Å². The number of phenols is 1. The van der Waals surface area contributed by atoms with Gasteiger partial charge >= 0.3 is 0 Å². The van der Waals surface area contributed by atoms with Crippen LogP contribution in [0.4, 0.5) is 19.7 Å². The molecule has 5 aromatic rings. The second-order valence-electron chi connectivity index (χ2n) is 17.4. The third-order valence-corrected chi connectivity index (χ3v) is 14.1. The van der Waals surface area contributed by atoms with Crippen LogP contribution in [0.25, 0.3) is 11.3 Å². The summed E-state index contributed by atoms with van der Waals surface area (Å²) < 4.78 is 30.0. The number of fused-ring (bicyclic) bond motifs is 2. The van der Waals surface area contributed by atoms with Gasteiger partial charge in [0.2, 0.25) is 11.8 Å². The zero-order valence-corrected chi connectivity index (χ0v) is 36.2. The van der Waals surface area contributed by atoms with E-state index in [4.69, 9.17) is 0 Å². The van der Waals surface area contributed by atoms with Crippen molar-refractivity contribution in [2.45, 2.75) is 63.1 Å². The van der Waals surface area contributed by atoms with E-state index in [0.29, 0.717) is 51.8 Å². The number of likely N-dealkylation sites (tertiary alicyclic amines) is 1. The molecular formula is C47H43F2N9O7S. The topological polar surface area (TPSA) is 198 Å². The molecule has 3 saturated heterocycles. The number of hydrogen-bond acceptors (Lipinski definition) is 13. The molecule has 0 aliphatic carbocycles. The lowest BCUT2D eigenvalue weighted by molar-refractivity contribution is -0.136. The Hall–Kier alpha value is -6.99. The molecule has 0 bridgehead atoms. The molecule has 3 N–H and O–H groups in total. The quantitative estimate of drug-likeness (QED) is 0.151. The van der Waals surface area contributed by atoms with Gasteiger partial charge in [0.25, 0.3) is 23.6 Å². The van der Waals surface area contributed by atoms with Crippen LogP contribution in [0.2, 0.25) is 0 Å². The maximum Gasteiger partial charge on any atom is 0.262 e. The minimum atomic E-state index is -1.34. The molecule has 66 heavy (non-hydrogen) atoms. The Morgan fingerprint density at radius 3 is 2.33 bits per heavy atom. The van der Waals surface area contributed by atoms with E-state index in [1.54, 1.807) is 17.5 Å². The van der Waals surface area contributed by atoms with Gasteiger partial charge in [0.1, 0.15) is 29.5 Å². The summed E-state index contributed by atoms with van der Waals surface area (Å²) in [4.78, 5) is 89.1. The Morgan fingerprint density at radius 2 is 1.62 bits per heavy atom. The molecule has 3 fully saturated rings. The summed E-state index contributed by atoms with van der Waals surface area (Å²) in [5, 5.41) is 26.6. The van der Waals surface area contributed by atoms with Gasteiger partial charge < -0.3 is 19.8 Å². The van der Waals surface area contributed by atoms with Gasteiger partial charge in [0, 0.05) is 60.9 Å². The highest BCUT2D eigenvalue weighted by atomic mass is 32.1. The number of imide groups is 2. The molecular weight excluding hydrogens is 873 g/mol. The van der Waals surface area contributed by atoms with Crippen LogP contribution in [0.5, 0.6) is 5.75 Å². The van der Waals surface area contributed by atoms with Crippen LogP contribution >= 0.6 is 11.3 Å². The number of nitrogens with one attached hydrogen (secondary N) is 2. The van der Waals surface area contributed by atoms with E-state index < -0.39 is 59.2 Å². The first-order valence-corrected chi connectivity index (χ1v) is 22.8. The summed E-state index contributed by atoms with van der Waals surface area (Å²) in [7, 11) is 0. The molecule has 5 aliphatic heterocycles. The summed E-state index contributed by atoms with van der Waals surface area (Å²) in [5.74, 6) is -4.10. The van der Waals surface area contributed by atoms with E-state index in [1.165, 1.54) is 28.5 Å². The van der Waals surface area contributed by atoms with Crippen LogP contribution in [0, 0.1) is 17.6 Å². The lowest BCUT2D eigenvalue weighted by Gasteiger charge is -2.38. The number of carbonyl (C=O) groups is 6. The maximum atomic E-state index is 15.5. The number of nitrogens with zero attached hydrogens (tertiary/aromatic N) is 7. The second kappa shape index (κ2) is 17.4. The summed E-state index contributed by atoms with van der Waals surface area (Å²) in [6.07, 6.45) is 4.84. The molecule has 19 heteroatoms. The Balaban J connectivity index is 0.733. The molecule has 0 spiro atoms. The average molecular weight is 916 g/mol. The second-order valence-corrected chi connectivity index (χ2v) is 18.3. The van der Waals surface area contributed by atoms with Crippen molar-refractivity contribution in [1.29, 1.82) is 0 Å². The molecule has 7 heterocycles. The third kappa shape index (κ3) is 8.05. The van der Waals surface area contributed by atoms with Crippen molar-refractivity contribution >= 4 is 57.7 Å². The number of benzene rings is 3. The average Bonchev–Trinajstić information content (AvgIpc) is 4.01. The molecule has 2 aromatic heterocycles. The molecule has 2 atom stereocenters. The van der Waals surface area contributed by atoms with Crippen molar-refractivity contribution in [2.75, 3.05) is 42.9 Å². The molecule has 6 amide bonds. The van der Waals surface area contributed by atoms with Gasteiger partial charge in [-0.2, -0.15) is 0 Å². The monoisotopic (exact) mass is 915 g/mol. The number of piperidine rings is 3. The Kier molecular flexibility index (Phi) is 11.3. The summed E-state index contributed by atoms with van der Waals surface area (Å²) >= 11 is 1.19. The number of anilines is 2. The number of phenolic OH excluding ortho intramolecular Hbond substituents is 1. The standard InChI is InChI=1S/C47H43F2N9O7S/c48-29-3-6-38(59)34(20-29)41(43(62)52-47-50-13-18-66-47)57-24-28-2-1-27(19-31(28)44(57)63)36-4-7-39(54-53-36)56-16-9-25(10-17-56)23-55-14-11-26(12-15-55)30-21-32-33(22-35(30)49)46(65)58(45(32)64)37-5-8-40(60)51-42(37)61/h1-4,6-7,13,18-22,25-26,37,41,59H,5,8-12,14-17,23-24H2,(H,50,52,62)(H,51,60,61). The zero-order valence-electron chi connectivity index (χ0n) is 35.4. The fraction of sp³-hybridized carbons (Fsp3) is 0.340. The van der Waals surface area contributed by atoms with Gasteiger partial charge in [0.15, 0.2) is 10.9 Å². The van der Waals surface area contributed by atoms with Gasteiger partial charge in [0.05, 0.1) is 16.8 Å². The minimum absolute atomic E-state index is 0.00761. The van der Waals surface area contributed by atoms with Crippen molar-refractivity contribution in [2.24, 2.45) is 5.92 Å². The van der Waals surface area contributed by atoms with Crippen LogP contribution in [0.3, 0.4) is 0 Å². The van der Waals surface area contributed by atoms with Crippen molar-refractivity contribution in [3.8, 4) is 17.0 Å². The Bertz CT molecular complexity index is 2790. The van der Waals surface area contributed by atoms with Gasteiger partial charge in [-0.15, -0.1) is 21.5 Å². The van der Waals surface area contributed by atoms with Crippen LogP contribution in [-0.4, -0.2) is 109 Å². The first-order chi connectivity index (χ1) is 31.9. The fourth-order valence-corrected chi connectivity index (χ4v) is 10.5. The number of aromatic hydroxyl groups is 1. The first kappa shape index (κ1) is 42.9. The van der Waals surface area contributed by atoms with E-state index >= 15 is 4.39 Å². The first-order valence-electron chi connectivity index (χ1n) is 21.9. The highest BCUT2D eigenvalue weighted by Gasteiger charge is 2.46. The van der Waals surface area contributed by atoms with Crippen LogP contribution in [0.1, 0.15) is 98.2 Å². The minimum Gasteiger partial charge on any atom is -0.508 e. The van der Waals surface area contributed by atoms with Crippen molar-refractivity contribution in [3.63, 3.8) is 0 Å². The van der Waals surface area contributed by atoms with E-state index in [0.717, 1.165) is 80.5 Å². The van der Waals surface area contributed by atoms with Crippen molar-refractivity contribution in [1.82, 2.24) is 35.2 Å².